The minimum atomic E-state index is -1.32. The third-order valence-corrected chi connectivity index (χ3v) is 7.46. The molecule has 0 radical (unpaired) electrons. The van der Waals surface area contributed by atoms with Crippen molar-refractivity contribution in [2.24, 2.45) is 5.92 Å². The molecule has 32 heavy (non-hydrogen) atoms. The number of fused-ring (bicyclic) bond motifs is 1. The number of anilines is 2. The fourth-order valence-corrected chi connectivity index (χ4v) is 5.08. The molecule has 174 valence electrons. The molecule has 1 heterocycles. The Bertz CT molecular complexity index is 1070. The van der Waals surface area contributed by atoms with Crippen LogP contribution in [0.25, 0.3) is 11.0 Å². The van der Waals surface area contributed by atoms with Crippen LogP contribution < -0.4 is 10.0 Å². The van der Waals surface area contributed by atoms with Gasteiger partial charge in [0.15, 0.2) is 11.0 Å². The number of rotatable bonds is 9. The van der Waals surface area contributed by atoms with Crippen LogP contribution in [0.4, 0.5) is 11.4 Å². The fraction of sp³-hybridized carbons (Fsp3) is 0.500. The number of hydrogen-bond donors (Lipinski definition) is 1. The van der Waals surface area contributed by atoms with Gasteiger partial charge in [0.1, 0.15) is 5.82 Å². The minimum Gasteiger partial charge on any atom is -0.399 e. The van der Waals surface area contributed by atoms with Crippen LogP contribution in [0.15, 0.2) is 47.4 Å². The van der Waals surface area contributed by atoms with Gasteiger partial charge in [0.05, 0.1) is 21.6 Å². The van der Waals surface area contributed by atoms with Gasteiger partial charge >= 0.3 is 0 Å². The summed E-state index contributed by atoms with van der Waals surface area (Å²) in [6, 6.07) is 13.4. The van der Waals surface area contributed by atoms with Gasteiger partial charge in [-0.15, -0.1) is 0 Å². The summed E-state index contributed by atoms with van der Waals surface area (Å²) in [6.07, 6.45) is 4.92. The monoisotopic (exact) mass is 454 g/mol. The summed E-state index contributed by atoms with van der Waals surface area (Å²) < 4.78 is 17.3. The minimum absolute atomic E-state index is 0.0546. The highest BCUT2D eigenvalue weighted by Gasteiger charge is 2.25. The average Bonchev–Trinajstić information content (AvgIpc) is 3.14. The summed E-state index contributed by atoms with van der Waals surface area (Å²) in [7, 11) is 0.537. The third-order valence-electron chi connectivity index (χ3n) is 6.08. The molecule has 0 spiro atoms. The lowest BCUT2D eigenvalue weighted by Crippen LogP contribution is -2.22. The normalized spacial score (nSPS) is 13.9. The van der Waals surface area contributed by atoms with Crippen molar-refractivity contribution >= 4 is 33.4 Å². The molecular formula is C26H38N4OS. The van der Waals surface area contributed by atoms with E-state index in [0.717, 1.165) is 34.0 Å². The molecule has 5 nitrogen and oxygen atoms in total. The van der Waals surface area contributed by atoms with Crippen LogP contribution in [0.2, 0.25) is 0 Å². The Balaban J connectivity index is 1.97. The van der Waals surface area contributed by atoms with Gasteiger partial charge in [0.2, 0.25) is 0 Å². The summed E-state index contributed by atoms with van der Waals surface area (Å²) in [5, 5.41) is 0. The van der Waals surface area contributed by atoms with E-state index >= 15 is 0 Å². The molecule has 2 N–H and O–H groups in total. The zero-order chi connectivity index (χ0) is 23.5. The van der Waals surface area contributed by atoms with E-state index in [1.54, 1.807) is 16.4 Å². The number of nitrogens with zero attached hydrogens (tertiary/aromatic N) is 3. The Morgan fingerprint density at radius 2 is 1.81 bits per heavy atom. The highest BCUT2D eigenvalue weighted by molar-refractivity contribution is 7.86. The van der Waals surface area contributed by atoms with Crippen molar-refractivity contribution in [1.82, 2.24) is 9.55 Å². The number of nitrogens with two attached hydrogens (primary N) is 1. The summed E-state index contributed by atoms with van der Waals surface area (Å²) >= 11 is 0. The summed E-state index contributed by atoms with van der Waals surface area (Å²) in [6.45, 7) is 12.2. The number of aromatic nitrogens is 2. The van der Waals surface area contributed by atoms with Crippen LogP contribution in [0.5, 0.6) is 0 Å². The van der Waals surface area contributed by atoms with Crippen molar-refractivity contribution in [3.8, 4) is 0 Å². The third kappa shape index (κ3) is 5.34. The molecule has 0 amide bonds. The first kappa shape index (κ1) is 24.3. The maximum atomic E-state index is 13.1. The van der Waals surface area contributed by atoms with Crippen LogP contribution in [0, 0.1) is 5.92 Å². The van der Waals surface area contributed by atoms with Gasteiger partial charge in [-0.25, -0.2) is 9.19 Å². The zero-order valence-electron chi connectivity index (χ0n) is 20.4. The van der Waals surface area contributed by atoms with Gasteiger partial charge in [-0.2, -0.15) is 0 Å². The van der Waals surface area contributed by atoms with E-state index in [2.05, 4.69) is 57.4 Å². The van der Waals surface area contributed by atoms with Crippen molar-refractivity contribution in [2.45, 2.75) is 77.2 Å². The Hall–Kier alpha value is -2.34. The van der Waals surface area contributed by atoms with Crippen LogP contribution in [0.3, 0.4) is 0 Å². The van der Waals surface area contributed by atoms with Gasteiger partial charge in [0, 0.05) is 24.7 Å². The van der Waals surface area contributed by atoms with Crippen molar-refractivity contribution < 1.29 is 4.21 Å². The molecule has 0 bridgehead atoms. The summed E-state index contributed by atoms with van der Waals surface area (Å²) in [5.41, 5.74) is 9.38. The number of imidazole rings is 1. The van der Waals surface area contributed by atoms with E-state index in [0.29, 0.717) is 11.6 Å². The lowest BCUT2D eigenvalue weighted by atomic mass is 9.94. The maximum absolute atomic E-state index is 13.1. The first-order valence-corrected chi connectivity index (χ1v) is 12.8. The van der Waals surface area contributed by atoms with Gasteiger partial charge in [-0.1, -0.05) is 53.9 Å². The van der Waals surface area contributed by atoms with Gasteiger partial charge in [-0.3, -0.25) is 4.31 Å². The van der Waals surface area contributed by atoms with E-state index < -0.39 is 11.0 Å². The summed E-state index contributed by atoms with van der Waals surface area (Å²) in [4.78, 5) is 5.79. The predicted octanol–water partition coefficient (Wildman–Crippen LogP) is 6.29. The molecule has 3 aromatic rings. The number of hydrogen-bond acceptors (Lipinski definition) is 3. The quantitative estimate of drug-likeness (QED) is 0.386. The smallest absolute Gasteiger partial charge is 0.152 e. The van der Waals surface area contributed by atoms with Gasteiger partial charge < -0.3 is 10.3 Å². The SMILES string of the molecule is CCCCC(CC)Cn1c(C(C)(C)C)nc2cc(N(C)S(=O)c3ccc(N)cc3)ccc21. The van der Waals surface area contributed by atoms with Crippen LogP contribution >= 0.6 is 0 Å². The van der Waals surface area contributed by atoms with Crippen molar-refractivity contribution in [3.05, 3.63) is 48.3 Å². The lowest BCUT2D eigenvalue weighted by molar-refractivity contribution is 0.375. The second-order valence-electron chi connectivity index (χ2n) is 9.70. The maximum Gasteiger partial charge on any atom is 0.152 e. The van der Waals surface area contributed by atoms with Crippen LogP contribution in [0.1, 0.15) is 66.1 Å². The fourth-order valence-electron chi connectivity index (χ4n) is 4.09. The number of unbranched alkanes of at least 4 members (excludes halogenated alkanes) is 1. The highest BCUT2D eigenvalue weighted by atomic mass is 32.2. The molecule has 3 rings (SSSR count). The zero-order valence-corrected chi connectivity index (χ0v) is 21.2. The van der Waals surface area contributed by atoms with Crippen LogP contribution in [-0.2, 0) is 22.9 Å². The largest absolute Gasteiger partial charge is 0.399 e. The molecule has 0 fully saturated rings. The lowest BCUT2D eigenvalue weighted by Gasteiger charge is -2.23. The summed E-state index contributed by atoms with van der Waals surface area (Å²) in [5.74, 6) is 1.76. The van der Waals surface area contributed by atoms with E-state index in [9.17, 15) is 4.21 Å². The Morgan fingerprint density at radius 3 is 2.41 bits per heavy atom. The molecule has 6 heteroatoms. The molecule has 0 aliphatic carbocycles. The molecular weight excluding hydrogens is 416 g/mol. The highest BCUT2D eigenvalue weighted by Crippen LogP contribution is 2.31. The Morgan fingerprint density at radius 1 is 1.12 bits per heavy atom. The first-order chi connectivity index (χ1) is 15.2. The van der Waals surface area contributed by atoms with E-state index in [1.807, 2.05) is 19.2 Å². The van der Waals surface area contributed by atoms with Crippen molar-refractivity contribution in [2.75, 3.05) is 17.1 Å². The Labute approximate surface area is 195 Å². The Kier molecular flexibility index (Phi) is 7.65. The first-order valence-electron chi connectivity index (χ1n) is 11.7. The average molecular weight is 455 g/mol. The second-order valence-corrected chi connectivity index (χ2v) is 11.2. The van der Waals surface area contributed by atoms with E-state index in [1.165, 1.54) is 25.7 Å². The molecule has 0 saturated carbocycles. The molecule has 2 aromatic carbocycles. The molecule has 2 atom stereocenters. The molecule has 0 aliphatic rings. The van der Waals surface area contributed by atoms with Crippen molar-refractivity contribution in [3.63, 3.8) is 0 Å². The van der Waals surface area contributed by atoms with E-state index in [-0.39, 0.29) is 5.41 Å². The van der Waals surface area contributed by atoms with E-state index in [4.69, 9.17) is 10.7 Å². The molecule has 0 aliphatic heterocycles. The predicted molar refractivity (Wildman–Crippen MR) is 137 cm³/mol. The standard InChI is InChI=1S/C26H38N4OS/c1-7-9-10-19(8-2)18-30-24-16-13-21(17-23(24)28-25(30)26(3,4)5)29(6)32(31)22-14-11-20(27)12-15-22/h11-17,19H,7-10,18,27H2,1-6H3. The molecule has 0 saturated heterocycles. The van der Waals surface area contributed by atoms with Crippen LogP contribution in [-0.4, -0.2) is 20.8 Å². The topological polar surface area (TPSA) is 64.2 Å². The van der Waals surface area contributed by atoms with Crippen molar-refractivity contribution in [1.29, 1.82) is 0 Å². The molecule has 1 aromatic heterocycles. The second kappa shape index (κ2) is 10.1. The van der Waals surface area contributed by atoms with Gasteiger partial charge in [-0.05, 0) is 54.8 Å². The molecule has 2 unspecified atom stereocenters. The number of benzene rings is 2. The van der Waals surface area contributed by atoms with Gasteiger partial charge in [0.25, 0.3) is 0 Å². The number of nitrogen functional groups attached to an aromatic ring is 1.